The molecule has 1 N–H and O–H groups in total. The van der Waals surface area contributed by atoms with Crippen LogP contribution in [0.3, 0.4) is 0 Å². The fourth-order valence-corrected chi connectivity index (χ4v) is 2.01. The van der Waals surface area contributed by atoms with Gasteiger partial charge in [0, 0.05) is 35.9 Å². The summed E-state index contributed by atoms with van der Waals surface area (Å²) in [5.41, 5.74) is 0.550. The van der Waals surface area contributed by atoms with Crippen molar-refractivity contribution >= 4 is 0 Å². The number of hydrogen-bond acceptors (Lipinski definition) is 3. The van der Waals surface area contributed by atoms with Crippen LogP contribution >= 0.6 is 0 Å². The van der Waals surface area contributed by atoms with E-state index in [1.807, 2.05) is 38.1 Å². The van der Waals surface area contributed by atoms with Gasteiger partial charge in [0.2, 0.25) is 0 Å². The molecule has 17 heavy (non-hydrogen) atoms. The van der Waals surface area contributed by atoms with Crippen molar-refractivity contribution < 1.29 is 5.11 Å². The Labute approximate surface area is 101 Å². The summed E-state index contributed by atoms with van der Waals surface area (Å²) in [7, 11) is 0. The maximum atomic E-state index is 11.0. The average molecular weight is 228 g/mol. The lowest BCUT2D eigenvalue weighted by Gasteiger charge is -2.32. The Morgan fingerprint density at radius 1 is 1.00 bits per heavy atom. The summed E-state index contributed by atoms with van der Waals surface area (Å²) in [4.78, 5) is 8.16. The van der Waals surface area contributed by atoms with Crippen molar-refractivity contribution in [3.63, 3.8) is 0 Å². The number of nitrogens with zero attached hydrogens (tertiary/aromatic N) is 2. The molecule has 3 nitrogen and oxygen atoms in total. The second-order valence-electron chi connectivity index (χ2n) is 4.40. The lowest BCUT2D eigenvalue weighted by molar-refractivity contribution is 0.0311. The molecule has 0 radical (unpaired) electrons. The lowest BCUT2D eigenvalue weighted by atomic mass is 9.79. The molecule has 0 aromatic carbocycles. The molecular weight excluding hydrogens is 212 g/mol. The summed E-state index contributed by atoms with van der Waals surface area (Å²) >= 11 is 0. The Morgan fingerprint density at radius 2 is 1.47 bits per heavy atom. The van der Waals surface area contributed by atoms with E-state index in [9.17, 15) is 5.11 Å². The second kappa shape index (κ2) is 4.63. The molecule has 2 rings (SSSR count). The molecule has 0 saturated heterocycles. The first-order valence-electron chi connectivity index (χ1n) is 5.69. The smallest absolute Gasteiger partial charge is 0.120 e. The molecule has 0 bridgehead atoms. The third-order valence-corrected chi connectivity index (χ3v) is 3.04. The maximum absolute atomic E-state index is 11.0. The minimum Gasteiger partial charge on any atom is -0.380 e. The molecule has 2 aromatic rings. The van der Waals surface area contributed by atoms with Gasteiger partial charge in [0.25, 0.3) is 0 Å². The zero-order valence-corrected chi connectivity index (χ0v) is 10.0. The first-order chi connectivity index (χ1) is 8.15. The summed E-state index contributed by atoms with van der Waals surface area (Å²) in [6.07, 6.45) is 6.81. The molecule has 0 amide bonds. The van der Waals surface area contributed by atoms with Crippen LogP contribution in [-0.2, 0) is 5.60 Å². The lowest BCUT2D eigenvalue weighted by Crippen LogP contribution is -2.33. The van der Waals surface area contributed by atoms with Gasteiger partial charge in [-0.2, -0.15) is 0 Å². The van der Waals surface area contributed by atoms with Gasteiger partial charge in [-0.3, -0.25) is 9.97 Å². The van der Waals surface area contributed by atoms with Gasteiger partial charge in [-0.1, -0.05) is 26.0 Å². The Hall–Kier alpha value is -1.74. The van der Waals surface area contributed by atoms with Crippen LogP contribution in [0.1, 0.15) is 25.0 Å². The molecule has 0 aliphatic rings. The van der Waals surface area contributed by atoms with E-state index < -0.39 is 5.60 Å². The van der Waals surface area contributed by atoms with Crippen LogP contribution in [-0.4, -0.2) is 15.1 Å². The van der Waals surface area contributed by atoms with Gasteiger partial charge in [-0.15, -0.1) is 0 Å². The Morgan fingerprint density at radius 3 is 1.76 bits per heavy atom. The minimum atomic E-state index is -1.04. The number of pyridine rings is 2. The first-order valence-corrected chi connectivity index (χ1v) is 5.69. The molecule has 0 unspecified atom stereocenters. The van der Waals surface area contributed by atoms with Crippen molar-refractivity contribution in [3.8, 4) is 0 Å². The normalized spacial score (nSPS) is 11.8. The van der Waals surface area contributed by atoms with Crippen molar-refractivity contribution in [2.45, 2.75) is 19.4 Å². The summed E-state index contributed by atoms with van der Waals surface area (Å²) in [5, 5.41) is 11.0. The molecule has 0 saturated carbocycles. The predicted molar refractivity (Wildman–Crippen MR) is 66.3 cm³/mol. The molecule has 3 heteroatoms. The zero-order chi connectivity index (χ0) is 12.3. The maximum Gasteiger partial charge on any atom is 0.120 e. The molecule has 0 atom stereocenters. The van der Waals surface area contributed by atoms with Crippen LogP contribution < -0.4 is 0 Å². The average Bonchev–Trinajstić information content (AvgIpc) is 2.39. The summed E-state index contributed by atoms with van der Waals surface area (Å²) < 4.78 is 0. The van der Waals surface area contributed by atoms with Crippen molar-refractivity contribution in [2.24, 2.45) is 5.92 Å². The van der Waals surface area contributed by atoms with Gasteiger partial charge in [-0.25, -0.2) is 0 Å². The quantitative estimate of drug-likeness (QED) is 0.877. The molecule has 2 aromatic heterocycles. The Balaban J connectivity index is 2.55. The molecule has 0 fully saturated rings. The number of aliphatic hydroxyl groups is 1. The largest absolute Gasteiger partial charge is 0.380 e. The van der Waals surface area contributed by atoms with E-state index in [1.54, 1.807) is 24.8 Å². The van der Waals surface area contributed by atoms with E-state index >= 15 is 0 Å². The van der Waals surface area contributed by atoms with Crippen LogP contribution in [0.4, 0.5) is 0 Å². The first kappa shape index (κ1) is 11.7. The highest BCUT2D eigenvalue weighted by Crippen LogP contribution is 2.35. The van der Waals surface area contributed by atoms with E-state index in [1.165, 1.54) is 0 Å². The van der Waals surface area contributed by atoms with Crippen molar-refractivity contribution in [2.75, 3.05) is 0 Å². The molecule has 88 valence electrons. The van der Waals surface area contributed by atoms with Crippen LogP contribution in [0, 0.1) is 5.92 Å². The van der Waals surface area contributed by atoms with Gasteiger partial charge >= 0.3 is 0 Å². The zero-order valence-electron chi connectivity index (χ0n) is 10.0. The third kappa shape index (κ3) is 2.06. The predicted octanol–water partition coefficient (Wildman–Crippen LogP) is 2.37. The van der Waals surface area contributed by atoms with Crippen LogP contribution in [0.5, 0.6) is 0 Å². The number of hydrogen-bond donors (Lipinski definition) is 1. The summed E-state index contributed by atoms with van der Waals surface area (Å²) in [6.45, 7) is 3.97. The monoisotopic (exact) mass is 228 g/mol. The minimum absolute atomic E-state index is 0.0379. The third-order valence-electron chi connectivity index (χ3n) is 3.04. The van der Waals surface area contributed by atoms with Crippen molar-refractivity contribution in [1.82, 2.24) is 9.97 Å². The molecule has 2 heterocycles. The van der Waals surface area contributed by atoms with Crippen molar-refractivity contribution in [1.29, 1.82) is 0 Å². The topological polar surface area (TPSA) is 46.0 Å². The van der Waals surface area contributed by atoms with E-state index in [0.717, 1.165) is 11.1 Å². The molecule has 0 aliphatic carbocycles. The van der Waals surface area contributed by atoms with E-state index in [-0.39, 0.29) is 5.92 Å². The van der Waals surface area contributed by atoms with E-state index in [4.69, 9.17) is 0 Å². The summed E-state index contributed by atoms with van der Waals surface area (Å²) in [5.74, 6) is 0.0379. The SMILES string of the molecule is CC(C)C(O)(c1cccnc1)c1cccnc1. The summed E-state index contributed by atoms with van der Waals surface area (Å²) in [6, 6.07) is 7.44. The Bertz CT molecular complexity index is 429. The highest BCUT2D eigenvalue weighted by Gasteiger charge is 2.35. The van der Waals surface area contributed by atoms with Crippen LogP contribution in [0.2, 0.25) is 0 Å². The highest BCUT2D eigenvalue weighted by molar-refractivity contribution is 5.33. The fourth-order valence-electron chi connectivity index (χ4n) is 2.01. The van der Waals surface area contributed by atoms with Gasteiger partial charge in [0.05, 0.1) is 0 Å². The molecule has 0 spiro atoms. The van der Waals surface area contributed by atoms with E-state index in [0.29, 0.717) is 0 Å². The molecule has 0 aliphatic heterocycles. The van der Waals surface area contributed by atoms with Crippen molar-refractivity contribution in [3.05, 3.63) is 60.2 Å². The van der Waals surface area contributed by atoms with Crippen LogP contribution in [0.15, 0.2) is 49.1 Å². The fraction of sp³-hybridized carbons (Fsp3) is 0.286. The standard InChI is InChI=1S/C14H16N2O/c1-11(2)14(17,12-5-3-7-15-9-12)13-6-4-8-16-10-13/h3-11,17H,1-2H3. The van der Waals surface area contributed by atoms with Gasteiger partial charge in [0.1, 0.15) is 5.60 Å². The van der Waals surface area contributed by atoms with Gasteiger partial charge in [0.15, 0.2) is 0 Å². The van der Waals surface area contributed by atoms with E-state index in [2.05, 4.69) is 9.97 Å². The van der Waals surface area contributed by atoms with Gasteiger partial charge in [-0.05, 0) is 18.1 Å². The highest BCUT2D eigenvalue weighted by atomic mass is 16.3. The molecular formula is C14H16N2O. The number of aromatic nitrogens is 2. The Kier molecular flexibility index (Phi) is 3.20. The number of rotatable bonds is 3. The van der Waals surface area contributed by atoms with Crippen LogP contribution in [0.25, 0.3) is 0 Å². The second-order valence-corrected chi connectivity index (χ2v) is 4.40. The van der Waals surface area contributed by atoms with Gasteiger partial charge < -0.3 is 5.11 Å².